The van der Waals surface area contributed by atoms with Gasteiger partial charge in [0.1, 0.15) is 0 Å². The van der Waals surface area contributed by atoms with Gasteiger partial charge in [0, 0.05) is 10.6 Å². The summed E-state index contributed by atoms with van der Waals surface area (Å²) in [4.78, 5) is 0. The number of nitrogens with two attached hydrogens (primary N) is 1. The molecule has 2 N–H and O–H groups in total. The van der Waals surface area contributed by atoms with E-state index in [9.17, 15) is 0 Å². The molecule has 2 aromatic rings. The summed E-state index contributed by atoms with van der Waals surface area (Å²) in [5.74, 6) is 0.464. The second-order valence-corrected chi connectivity index (χ2v) is 5.49. The number of rotatable bonds is 4. The van der Waals surface area contributed by atoms with E-state index < -0.39 is 0 Å². The van der Waals surface area contributed by atoms with Crippen LogP contribution in [0, 0.1) is 6.92 Å². The van der Waals surface area contributed by atoms with Gasteiger partial charge in [0.15, 0.2) is 0 Å². The zero-order chi connectivity index (χ0) is 13.8. The lowest BCUT2D eigenvalue weighted by Gasteiger charge is -2.13. The van der Waals surface area contributed by atoms with E-state index in [2.05, 4.69) is 50.2 Å². The fraction of sp³-hybridized carbons (Fsp3) is 0.294. The summed E-state index contributed by atoms with van der Waals surface area (Å²) in [6.07, 6.45) is 0.995. The van der Waals surface area contributed by atoms with Crippen molar-refractivity contribution in [2.24, 2.45) is 5.73 Å². The topological polar surface area (TPSA) is 26.0 Å². The SMILES string of the molecule is Cc1ccc(-c2cc(C(C)CCN)ccc2Cl)cc1. The number of hydrogen-bond donors (Lipinski definition) is 1. The molecule has 0 bridgehead atoms. The summed E-state index contributed by atoms with van der Waals surface area (Å²) in [6, 6.07) is 14.7. The standard InChI is InChI=1S/C17H20ClN/c1-12-3-5-14(6-4-12)16-11-15(7-8-17(16)18)13(2)9-10-19/h3-8,11,13H,9-10,19H2,1-2H3. The van der Waals surface area contributed by atoms with E-state index in [1.165, 1.54) is 11.1 Å². The van der Waals surface area contributed by atoms with Crippen LogP contribution in [-0.4, -0.2) is 6.54 Å². The van der Waals surface area contributed by atoms with E-state index in [1.54, 1.807) is 0 Å². The summed E-state index contributed by atoms with van der Waals surface area (Å²) in [7, 11) is 0. The maximum atomic E-state index is 6.33. The van der Waals surface area contributed by atoms with E-state index in [4.69, 9.17) is 17.3 Å². The third-order valence-corrected chi connectivity index (χ3v) is 3.85. The molecule has 100 valence electrons. The van der Waals surface area contributed by atoms with Gasteiger partial charge in [-0.1, -0.05) is 54.4 Å². The molecule has 0 aliphatic rings. The molecule has 0 aliphatic carbocycles. The Morgan fingerprint density at radius 1 is 1.11 bits per heavy atom. The summed E-state index contributed by atoms with van der Waals surface area (Å²) >= 11 is 6.33. The fourth-order valence-electron chi connectivity index (χ4n) is 2.22. The summed E-state index contributed by atoms with van der Waals surface area (Å²) in [6.45, 7) is 5.00. The largest absolute Gasteiger partial charge is 0.330 e. The first-order valence-corrected chi connectivity index (χ1v) is 7.06. The predicted octanol–water partition coefficient (Wildman–Crippen LogP) is 4.77. The van der Waals surface area contributed by atoms with Crippen LogP contribution in [0.3, 0.4) is 0 Å². The zero-order valence-electron chi connectivity index (χ0n) is 11.5. The van der Waals surface area contributed by atoms with Crippen molar-refractivity contribution in [3.05, 3.63) is 58.6 Å². The minimum Gasteiger partial charge on any atom is -0.330 e. The molecule has 1 nitrogen and oxygen atoms in total. The van der Waals surface area contributed by atoms with Crippen molar-refractivity contribution in [3.8, 4) is 11.1 Å². The van der Waals surface area contributed by atoms with Gasteiger partial charge in [0.05, 0.1) is 0 Å². The number of hydrogen-bond acceptors (Lipinski definition) is 1. The molecule has 2 rings (SSSR count). The molecule has 0 aromatic heterocycles. The van der Waals surface area contributed by atoms with Crippen molar-refractivity contribution >= 4 is 11.6 Å². The van der Waals surface area contributed by atoms with Crippen LogP contribution < -0.4 is 5.73 Å². The molecule has 0 saturated heterocycles. The van der Waals surface area contributed by atoms with Gasteiger partial charge in [0.25, 0.3) is 0 Å². The van der Waals surface area contributed by atoms with Gasteiger partial charge >= 0.3 is 0 Å². The maximum absolute atomic E-state index is 6.33. The maximum Gasteiger partial charge on any atom is 0.0484 e. The van der Waals surface area contributed by atoms with E-state index in [1.807, 2.05) is 6.07 Å². The third kappa shape index (κ3) is 3.37. The molecule has 19 heavy (non-hydrogen) atoms. The Hall–Kier alpha value is -1.31. The van der Waals surface area contributed by atoms with Crippen molar-refractivity contribution in [3.63, 3.8) is 0 Å². The lowest BCUT2D eigenvalue weighted by molar-refractivity contribution is 0.690. The molecule has 0 saturated carbocycles. The van der Waals surface area contributed by atoms with Crippen LogP contribution in [0.2, 0.25) is 5.02 Å². The van der Waals surface area contributed by atoms with Crippen LogP contribution in [0.25, 0.3) is 11.1 Å². The van der Waals surface area contributed by atoms with Gasteiger partial charge < -0.3 is 5.73 Å². The molecule has 2 heteroatoms. The monoisotopic (exact) mass is 273 g/mol. The summed E-state index contributed by atoms with van der Waals surface area (Å²) < 4.78 is 0. The van der Waals surface area contributed by atoms with E-state index >= 15 is 0 Å². The van der Waals surface area contributed by atoms with Crippen LogP contribution in [0.1, 0.15) is 30.4 Å². The van der Waals surface area contributed by atoms with Gasteiger partial charge in [-0.2, -0.15) is 0 Å². The van der Waals surface area contributed by atoms with E-state index in [0.29, 0.717) is 12.5 Å². The second-order valence-electron chi connectivity index (χ2n) is 5.08. The Bertz CT molecular complexity index is 546. The highest BCUT2D eigenvalue weighted by Crippen LogP contribution is 2.32. The molecule has 0 heterocycles. The highest BCUT2D eigenvalue weighted by molar-refractivity contribution is 6.33. The molecule has 1 atom stereocenters. The normalized spacial score (nSPS) is 12.4. The summed E-state index contributed by atoms with van der Waals surface area (Å²) in [5.41, 5.74) is 10.5. The van der Waals surface area contributed by atoms with Gasteiger partial charge in [-0.05, 0) is 49.1 Å². The minimum atomic E-state index is 0.464. The number of benzene rings is 2. The fourth-order valence-corrected chi connectivity index (χ4v) is 2.45. The molecule has 0 aliphatic heterocycles. The Morgan fingerprint density at radius 3 is 2.42 bits per heavy atom. The third-order valence-electron chi connectivity index (χ3n) is 3.52. The molecule has 0 spiro atoms. The van der Waals surface area contributed by atoms with Gasteiger partial charge in [0.2, 0.25) is 0 Å². The van der Waals surface area contributed by atoms with Crippen molar-refractivity contribution in [1.82, 2.24) is 0 Å². The van der Waals surface area contributed by atoms with Crippen LogP contribution in [0.15, 0.2) is 42.5 Å². The van der Waals surface area contributed by atoms with Crippen molar-refractivity contribution in [1.29, 1.82) is 0 Å². The highest BCUT2D eigenvalue weighted by Gasteiger charge is 2.09. The van der Waals surface area contributed by atoms with Crippen molar-refractivity contribution in [2.45, 2.75) is 26.2 Å². The van der Waals surface area contributed by atoms with Gasteiger partial charge in [-0.3, -0.25) is 0 Å². The lowest BCUT2D eigenvalue weighted by atomic mass is 9.94. The van der Waals surface area contributed by atoms with Crippen LogP contribution in [0.5, 0.6) is 0 Å². The highest BCUT2D eigenvalue weighted by atomic mass is 35.5. The van der Waals surface area contributed by atoms with Gasteiger partial charge in [-0.25, -0.2) is 0 Å². The van der Waals surface area contributed by atoms with Crippen LogP contribution in [0.4, 0.5) is 0 Å². The average Bonchev–Trinajstić information content (AvgIpc) is 2.41. The molecular formula is C17H20ClN. The molecular weight excluding hydrogens is 254 g/mol. The van der Waals surface area contributed by atoms with Crippen LogP contribution in [-0.2, 0) is 0 Å². The van der Waals surface area contributed by atoms with Gasteiger partial charge in [-0.15, -0.1) is 0 Å². The molecule has 0 amide bonds. The molecule has 0 radical (unpaired) electrons. The number of halogens is 1. The first-order valence-electron chi connectivity index (χ1n) is 6.68. The molecule has 0 fully saturated rings. The predicted molar refractivity (Wildman–Crippen MR) is 83.7 cm³/mol. The molecule has 2 aromatic carbocycles. The first-order chi connectivity index (χ1) is 9.11. The Morgan fingerprint density at radius 2 is 1.79 bits per heavy atom. The summed E-state index contributed by atoms with van der Waals surface area (Å²) in [5, 5.41) is 0.799. The minimum absolute atomic E-state index is 0.464. The number of aryl methyl sites for hydroxylation is 1. The average molecular weight is 274 g/mol. The first kappa shape index (κ1) is 14.1. The van der Waals surface area contributed by atoms with Crippen LogP contribution >= 0.6 is 11.6 Å². The lowest BCUT2D eigenvalue weighted by Crippen LogP contribution is -2.04. The van der Waals surface area contributed by atoms with E-state index in [-0.39, 0.29) is 0 Å². The Kier molecular flexibility index (Phi) is 4.62. The van der Waals surface area contributed by atoms with Crippen molar-refractivity contribution < 1.29 is 0 Å². The smallest absolute Gasteiger partial charge is 0.0484 e. The van der Waals surface area contributed by atoms with E-state index in [0.717, 1.165) is 22.6 Å². The molecule has 1 unspecified atom stereocenters. The zero-order valence-corrected chi connectivity index (χ0v) is 12.2. The Labute approximate surface area is 120 Å². The quantitative estimate of drug-likeness (QED) is 0.853. The Balaban J connectivity index is 2.39. The second kappa shape index (κ2) is 6.23. The van der Waals surface area contributed by atoms with Crippen molar-refractivity contribution in [2.75, 3.05) is 6.54 Å².